The van der Waals surface area contributed by atoms with Crippen LogP contribution in [0.4, 0.5) is 5.69 Å². The van der Waals surface area contributed by atoms with E-state index in [2.05, 4.69) is 0 Å². The lowest BCUT2D eigenvalue weighted by Crippen LogP contribution is -2.47. The molecule has 0 unspecified atom stereocenters. The molecule has 1 N–H and O–H groups in total. The van der Waals surface area contributed by atoms with Gasteiger partial charge in [-0.3, -0.25) is 4.79 Å². The average Bonchev–Trinajstić information content (AvgIpc) is 2.60. The summed E-state index contributed by atoms with van der Waals surface area (Å²) in [5.74, 6) is -1.09. The Kier molecular flexibility index (Phi) is 4.71. The summed E-state index contributed by atoms with van der Waals surface area (Å²) < 4.78 is 27.6. The molecule has 0 aliphatic carbocycles. The van der Waals surface area contributed by atoms with Gasteiger partial charge in [0.25, 0.3) is 0 Å². The van der Waals surface area contributed by atoms with Crippen molar-refractivity contribution < 1.29 is 18.3 Å². The minimum absolute atomic E-state index is 0.168. The standard InChI is InChI=1S/C18H22N2O4S/c1-19(2)15-10-5-8-14-13(15)7-6-11-17(14)25(23,24)20-12-4-3-9-16(20)18(21)22/h5-8,10-11,16H,3-4,9,12H2,1-2H3,(H,21,22)/t16-/m0/s1. The second-order valence-electron chi connectivity index (χ2n) is 6.49. The highest BCUT2D eigenvalue weighted by atomic mass is 32.2. The summed E-state index contributed by atoms with van der Waals surface area (Å²) in [7, 11) is -0.0837. The third-order valence-corrected chi connectivity index (χ3v) is 6.63. The zero-order valence-electron chi connectivity index (χ0n) is 14.3. The number of anilines is 1. The Morgan fingerprint density at radius 1 is 1.12 bits per heavy atom. The molecule has 1 fully saturated rings. The molecule has 0 saturated carbocycles. The van der Waals surface area contributed by atoms with Crippen molar-refractivity contribution in [2.24, 2.45) is 0 Å². The molecule has 0 radical (unpaired) electrons. The topological polar surface area (TPSA) is 77.9 Å². The van der Waals surface area contributed by atoms with Crippen LogP contribution < -0.4 is 4.90 Å². The molecule has 7 heteroatoms. The van der Waals surface area contributed by atoms with E-state index in [1.165, 1.54) is 0 Å². The van der Waals surface area contributed by atoms with Crippen LogP contribution in [0.3, 0.4) is 0 Å². The Morgan fingerprint density at radius 2 is 1.80 bits per heavy atom. The van der Waals surface area contributed by atoms with Gasteiger partial charge >= 0.3 is 5.97 Å². The number of hydrogen-bond acceptors (Lipinski definition) is 4. The van der Waals surface area contributed by atoms with Gasteiger partial charge in [0.15, 0.2) is 0 Å². The van der Waals surface area contributed by atoms with Gasteiger partial charge in [-0.25, -0.2) is 8.42 Å². The Labute approximate surface area is 147 Å². The van der Waals surface area contributed by atoms with Crippen molar-refractivity contribution in [3.05, 3.63) is 36.4 Å². The molecule has 0 bridgehead atoms. The van der Waals surface area contributed by atoms with Gasteiger partial charge < -0.3 is 10.0 Å². The van der Waals surface area contributed by atoms with Crippen LogP contribution in [0.2, 0.25) is 0 Å². The fourth-order valence-electron chi connectivity index (χ4n) is 3.45. The number of aliphatic carboxylic acids is 1. The van der Waals surface area contributed by atoms with Crippen LogP contribution in [0.15, 0.2) is 41.3 Å². The quantitative estimate of drug-likeness (QED) is 0.904. The first-order valence-electron chi connectivity index (χ1n) is 8.28. The number of hydrogen-bond donors (Lipinski definition) is 1. The minimum Gasteiger partial charge on any atom is -0.480 e. The smallest absolute Gasteiger partial charge is 0.322 e. The van der Waals surface area contributed by atoms with Crippen LogP contribution in [0, 0.1) is 0 Å². The zero-order chi connectivity index (χ0) is 18.2. The lowest BCUT2D eigenvalue weighted by molar-refractivity contribution is -0.142. The number of carboxylic acids is 1. The fraction of sp³-hybridized carbons (Fsp3) is 0.389. The van der Waals surface area contributed by atoms with E-state index in [9.17, 15) is 18.3 Å². The molecule has 1 saturated heterocycles. The summed E-state index contributed by atoms with van der Waals surface area (Å²) in [5.41, 5.74) is 0.919. The SMILES string of the molecule is CN(C)c1cccc2c(S(=O)(=O)N3CCCC[C@H]3C(=O)O)cccc12. The largest absolute Gasteiger partial charge is 0.480 e. The van der Waals surface area contributed by atoms with E-state index in [1.54, 1.807) is 18.2 Å². The van der Waals surface area contributed by atoms with Gasteiger partial charge in [0, 0.05) is 37.1 Å². The maximum atomic E-state index is 13.2. The zero-order valence-corrected chi connectivity index (χ0v) is 15.2. The van der Waals surface area contributed by atoms with Crippen molar-refractivity contribution >= 4 is 32.5 Å². The van der Waals surface area contributed by atoms with Crippen molar-refractivity contribution in [2.75, 3.05) is 25.5 Å². The molecule has 25 heavy (non-hydrogen) atoms. The Balaban J connectivity index is 2.18. The molecular formula is C18H22N2O4S. The fourth-order valence-corrected chi connectivity index (χ4v) is 5.30. The number of nitrogens with zero attached hydrogens (tertiary/aromatic N) is 2. The van der Waals surface area contributed by atoms with Crippen molar-refractivity contribution in [1.82, 2.24) is 4.31 Å². The molecule has 0 amide bonds. The van der Waals surface area contributed by atoms with Gasteiger partial charge in [0.1, 0.15) is 6.04 Å². The van der Waals surface area contributed by atoms with E-state index in [1.807, 2.05) is 37.2 Å². The second-order valence-corrected chi connectivity index (χ2v) is 8.35. The molecule has 1 heterocycles. The van der Waals surface area contributed by atoms with Gasteiger partial charge in [0.05, 0.1) is 4.90 Å². The van der Waals surface area contributed by atoms with Gasteiger partial charge in [-0.1, -0.05) is 24.3 Å². The summed E-state index contributed by atoms with van der Waals surface area (Å²) in [6, 6.07) is 9.68. The maximum Gasteiger partial charge on any atom is 0.322 e. The summed E-state index contributed by atoms with van der Waals surface area (Å²) >= 11 is 0. The summed E-state index contributed by atoms with van der Waals surface area (Å²) in [5, 5.41) is 10.9. The van der Waals surface area contributed by atoms with Crippen molar-refractivity contribution in [3.8, 4) is 0 Å². The normalized spacial score (nSPS) is 19.0. The lowest BCUT2D eigenvalue weighted by Gasteiger charge is -2.32. The van der Waals surface area contributed by atoms with E-state index < -0.39 is 22.0 Å². The Bertz CT molecular complexity index is 908. The molecule has 1 aliphatic heterocycles. The maximum absolute atomic E-state index is 13.2. The van der Waals surface area contributed by atoms with E-state index in [0.717, 1.165) is 21.8 Å². The van der Waals surface area contributed by atoms with Gasteiger partial charge in [-0.05, 0) is 31.4 Å². The van der Waals surface area contributed by atoms with Gasteiger partial charge in [-0.15, -0.1) is 0 Å². The third kappa shape index (κ3) is 3.09. The molecule has 6 nitrogen and oxygen atoms in total. The van der Waals surface area contributed by atoms with E-state index in [0.29, 0.717) is 18.2 Å². The van der Waals surface area contributed by atoms with Crippen LogP contribution in [0.1, 0.15) is 19.3 Å². The Morgan fingerprint density at radius 3 is 2.48 bits per heavy atom. The van der Waals surface area contributed by atoms with Crippen LogP contribution in [0.5, 0.6) is 0 Å². The van der Waals surface area contributed by atoms with E-state index in [-0.39, 0.29) is 11.4 Å². The molecule has 3 rings (SSSR count). The highest BCUT2D eigenvalue weighted by Crippen LogP contribution is 2.33. The Hall–Kier alpha value is -2.12. The predicted octanol–water partition coefficient (Wildman–Crippen LogP) is 2.53. The van der Waals surface area contributed by atoms with Gasteiger partial charge in [0.2, 0.25) is 10.0 Å². The first-order chi connectivity index (χ1) is 11.8. The number of rotatable bonds is 4. The molecule has 0 aromatic heterocycles. The van der Waals surface area contributed by atoms with Crippen LogP contribution in [-0.2, 0) is 14.8 Å². The van der Waals surface area contributed by atoms with Crippen molar-refractivity contribution in [2.45, 2.75) is 30.2 Å². The van der Waals surface area contributed by atoms with Crippen LogP contribution >= 0.6 is 0 Å². The lowest BCUT2D eigenvalue weighted by atomic mass is 10.1. The first kappa shape index (κ1) is 17.7. The second kappa shape index (κ2) is 6.65. The molecule has 0 spiro atoms. The molecule has 1 atom stereocenters. The van der Waals surface area contributed by atoms with Crippen LogP contribution in [0.25, 0.3) is 10.8 Å². The summed E-state index contributed by atoms with van der Waals surface area (Å²) in [4.78, 5) is 13.6. The first-order valence-corrected chi connectivity index (χ1v) is 9.72. The molecule has 2 aromatic rings. The molecule has 2 aromatic carbocycles. The highest BCUT2D eigenvalue weighted by Gasteiger charge is 2.38. The molecular weight excluding hydrogens is 340 g/mol. The summed E-state index contributed by atoms with van der Waals surface area (Å²) in [6.07, 6.45) is 1.75. The van der Waals surface area contributed by atoms with E-state index >= 15 is 0 Å². The van der Waals surface area contributed by atoms with Crippen LogP contribution in [-0.4, -0.2) is 50.5 Å². The molecule has 134 valence electrons. The molecule has 1 aliphatic rings. The average molecular weight is 362 g/mol. The number of carbonyl (C=O) groups is 1. The number of carboxylic acid groups (broad SMARTS) is 1. The number of benzene rings is 2. The monoisotopic (exact) mass is 362 g/mol. The predicted molar refractivity (Wildman–Crippen MR) is 97.4 cm³/mol. The van der Waals surface area contributed by atoms with Crippen molar-refractivity contribution in [1.29, 1.82) is 0 Å². The minimum atomic E-state index is -3.89. The summed E-state index contributed by atoms with van der Waals surface area (Å²) in [6.45, 7) is 0.239. The third-order valence-electron chi connectivity index (χ3n) is 4.67. The number of sulfonamides is 1. The number of fused-ring (bicyclic) bond motifs is 1. The van der Waals surface area contributed by atoms with Gasteiger partial charge in [-0.2, -0.15) is 4.31 Å². The highest BCUT2D eigenvalue weighted by molar-refractivity contribution is 7.89. The van der Waals surface area contributed by atoms with E-state index in [4.69, 9.17) is 0 Å². The van der Waals surface area contributed by atoms with Crippen molar-refractivity contribution in [3.63, 3.8) is 0 Å². The number of piperidine rings is 1.